The van der Waals surface area contributed by atoms with Gasteiger partial charge in [-0.25, -0.2) is 9.78 Å². The van der Waals surface area contributed by atoms with Crippen LogP contribution >= 0.6 is 11.8 Å². The van der Waals surface area contributed by atoms with Crippen LogP contribution in [0.5, 0.6) is 0 Å². The molecule has 27 heavy (non-hydrogen) atoms. The van der Waals surface area contributed by atoms with Crippen LogP contribution in [-0.4, -0.2) is 33.8 Å². The number of carbonyl (C=O) groups excluding carboxylic acids is 2. The van der Waals surface area contributed by atoms with E-state index < -0.39 is 6.03 Å². The Hall–Kier alpha value is -3.00. The number of thioether (sulfide) groups is 1. The predicted octanol–water partition coefficient (Wildman–Crippen LogP) is 3.13. The van der Waals surface area contributed by atoms with Crippen LogP contribution < -0.4 is 10.6 Å². The molecule has 0 atom stereocenters. The van der Waals surface area contributed by atoms with Crippen molar-refractivity contribution in [1.82, 2.24) is 20.2 Å². The van der Waals surface area contributed by atoms with Gasteiger partial charge in [0.2, 0.25) is 5.91 Å². The standard InChI is InChI=1S/C19H20N4O3S/c1-2-20-18(25)22-17(24)13-27-19-21-11-16(14-7-4-3-5-8-14)23(19)12-15-9-6-10-26-15/h3-11H,2,12-13H2,1H3,(H2,20,22,24,25). The topological polar surface area (TPSA) is 89.2 Å². The summed E-state index contributed by atoms with van der Waals surface area (Å²) in [5.41, 5.74) is 1.95. The Labute approximate surface area is 161 Å². The predicted molar refractivity (Wildman–Crippen MR) is 103 cm³/mol. The lowest BCUT2D eigenvalue weighted by Gasteiger charge is -2.11. The second-order valence-electron chi connectivity index (χ2n) is 5.65. The Morgan fingerprint density at radius 2 is 2.00 bits per heavy atom. The summed E-state index contributed by atoms with van der Waals surface area (Å²) >= 11 is 1.27. The molecule has 0 spiro atoms. The van der Waals surface area contributed by atoms with Crippen molar-refractivity contribution in [3.05, 3.63) is 60.7 Å². The third kappa shape index (κ3) is 5.01. The van der Waals surface area contributed by atoms with Gasteiger partial charge in [0, 0.05) is 6.54 Å². The Balaban J connectivity index is 1.77. The molecule has 0 aliphatic heterocycles. The van der Waals surface area contributed by atoms with Gasteiger partial charge in [0.1, 0.15) is 5.76 Å². The molecule has 0 unspecified atom stereocenters. The maximum Gasteiger partial charge on any atom is 0.321 e. The molecule has 0 saturated carbocycles. The van der Waals surface area contributed by atoms with Gasteiger partial charge in [-0.3, -0.25) is 10.1 Å². The van der Waals surface area contributed by atoms with Gasteiger partial charge in [-0.15, -0.1) is 0 Å². The molecule has 2 N–H and O–H groups in total. The van der Waals surface area contributed by atoms with Crippen LogP contribution in [0.15, 0.2) is 64.5 Å². The van der Waals surface area contributed by atoms with E-state index in [2.05, 4.69) is 15.6 Å². The number of furan rings is 1. The van der Waals surface area contributed by atoms with Gasteiger partial charge in [-0.2, -0.15) is 0 Å². The van der Waals surface area contributed by atoms with Gasteiger partial charge in [-0.05, 0) is 24.6 Å². The van der Waals surface area contributed by atoms with Crippen molar-refractivity contribution in [3.63, 3.8) is 0 Å². The highest BCUT2D eigenvalue weighted by Crippen LogP contribution is 2.27. The third-order valence-corrected chi connectivity index (χ3v) is 4.70. The average Bonchev–Trinajstić information content (AvgIpc) is 3.31. The molecule has 2 aromatic heterocycles. The zero-order valence-corrected chi connectivity index (χ0v) is 15.7. The Bertz CT molecular complexity index is 891. The first-order chi connectivity index (χ1) is 13.2. The first-order valence-corrected chi connectivity index (χ1v) is 9.49. The number of nitrogens with one attached hydrogen (secondary N) is 2. The van der Waals surface area contributed by atoms with Gasteiger partial charge in [0.15, 0.2) is 5.16 Å². The summed E-state index contributed by atoms with van der Waals surface area (Å²) in [6.45, 7) is 2.74. The van der Waals surface area contributed by atoms with Crippen molar-refractivity contribution >= 4 is 23.7 Å². The number of benzene rings is 1. The first-order valence-electron chi connectivity index (χ1n) is 8.51. The summed E-state index contributed by atoms with van der Waals surface area (Å²) < 4.78 is 7.47. The smallest absolute Gasteiger partial charge is 0.321 e. The molecule has 0 radical (unpaired) electrons. The number of nitrogens with zero attached hydrogens (tertiary/aromatic N) is 2. The number of aromatic nitrogens is 2. The van der Waals surface area contributed by atoms with Crippen LogP contribution in [0, 0.1) is 0 Å². The lowest BCUT2D eigenvalue weighted by atomic mass is 10.2. The first kappa shape index (κ1) is 18.8. The van der Waals surface area contributed by atoms with Crippen molar-refractivity contribution in [2.75, 3.05) is 12.3 Å². The number of urea groups is 1. The molecular formula is C19H20N4O3S. The largest absolute Gasteiger partial charge is 0.467 e. The summed E-state index contributed by atoms with van der Waals surface area (Å²) in [6.07, 6.45) is 3.41. The maximum absolute atomic E-state index is 12.0. The van der Waals surface area contributed by atoms with E-state index in [1.54, 1.807) is 19.4 Å². The summed E-state index contributed by atoms with van der Waals surface area (Å²) in [7, 11) is 0. The number of imide groups is 1. The van der Waals surface area contributed by atoms with Gasteiger partial charge in [0.25, 0.3) is 0 Å². The lowest BCUT2D eigenvalue weighted by Crippen LogP contribution is -2.40. The SMILES string of the molecule is CCNC(=O)NC(=O)CSc1ncc(-c2ccccc2)n1Cc1ccco1. The average molecular weight is 384 g/mol. The summed E-state index contributed by atoms with van der Waals surface area (Å²) in [4.78, 5) is 27.9. The molecule has 2 heterocycles. The molecule has 8 heteroatoms. The van der Waals surface area contributed by atoms with Gasteiger partial charge >= 0.3 is 6.03 Å². The molecule has 3 amide bonds. The van der Waals surface area contributed by atoms with Crippen LogP contribution in [0.25, 0.3) is 11.3 Å². The van der Waals surface area contributed by atoms with Crippen LogP contribution in [0.2, 0.25) is 0 Å². The normalized spacial score (nSPS) is 10.6. The highest BCUT2D eigenvalue weighted by atomic mass is 32.2. The minimum absolute atomic E-state index is 0.0839. The minimum atomic E-state index is -0.494. The second-order valence-corrected chi connectivity index (χ2v) is 6.60. The summed E-state index contributed by atoms with van der Waals surface area (Å²) in [5.74, 6) is 0.499. The monoisotopic (exact) mass is 384 g/mol. The fourth-order valence-corrected chi connectivity index (χ4v) is 3.30. The summed E-state index contributed by atoms with van der Waals surface area (Å²) in [5, 5.41) is 5.49. The Morgan fingerprint density at radius 1 is 1.19 bits per heavy atom. The molecule has 0 aliphatic rings. The van der Waals surface area contributed by atoms with E-state index >= 15 is 0 Å². The number of hydrogen-bond acceptors (Lipinski definition) is 5. The van der Waals surface area contributed by atoms with E-state index in [0.29, 0.717) is 18.2 Å². The number of carbonyl (C=O) groups is 2. The fraction of sp³-hybridized carbons (Fsp3) is 0.211. The van der Waals surface area contributed by atoms with E-state index in [-0.39, 0.29) is 11.7 Å². The van der Waals surface area contributed by atoms with Gasteiger partial charge in [0.05, 0.1) is 30.5 Å². The molecule has 0 fully saturated rings. The van der Waals surface area contributed by atoms with Crippen LogP contribution in [-0.2, 0) is 11.3 Å². The Kier molecular flexibility index (Phi) is 6.32. The van der Waals surface area contributed by atoms with E-state index in [1.807, 2.05) is 47.0 Å². The van der Waals surface area contributed by atoms with Crippen LogP contribution in [0.1, 0.15) is 12.7 Å². The van der Waals surface area contributed by atoms with Crippen molar-refractivity contribution in [3.8, 4) is 11.3 Å². The molecule has 0 aliphatic carbocycles. The number of rotatable bonds is 7. The van der Waals surface area contributed by atoms with Gasteiger partial charge in [-0.1, -0.05) is 42.1 Å². The zero-order valence-electron chi connectivity index (χ0n) is 14.8. The zero-order chi connectivity index (χ0) is 19.1. The van der Waals surface area contributed by atoms with E-state index in [4.69, 9.17) is 4.42 Å². The second kappa shape index (κ2) is 9.09. The van der Waals surface area contributed by atoms with Crippen molar-refractivity contribution in [2.24, 2.45) is 0 Å². The number of amides is 3. The molecule has 1 aromatic carbocycles. The van der Waals surface area contributed by atoms with E-state index in [9.17, 15) is 9.59 Å². The third-order valence-electron chi connectivity index (χ3n) is 3.71. The maximum atomic E-state index is 12.0. The van der Waals surface area contributed by atoms with Crippen molar-refractivity contribution in [1.29, 1.82) is 0 Å². The fourth-order valence-electron chi connectivity index (χ4n) is 2.52. The van der Waals surface area contributed by atoms with E-state index in [1.165, 1.54) is 11.8 Å². The van der Waals surface area contributed by atoms with Crippen LogP contribution in [0.3, 0.4) is 0 Å². The molecule has 3 aromatic rings. The molecule has 7 nitrogen and oxygen atoms in total. The highest BCUT2D eigenvalue weighted by Gasteiger charge is 2.16. The quantitative estimate of drug-likeness (QED) is 0.611. The van der Waals surface area contributed by atoms with Crippen molar-refractivity contribution in [2.45, 2.75) is 18.6 Å². The molecule has 0 saturated heterocycles. The van der Waals surface area contributed by atoms with E-state index in [0.717, 1.165) is 17.0 Å². The molecular weight excluding hydrogens is 364 g/mol. The highest BCUT2D eigenvalue weighted by molar-refractivity contribution is 7.99. The van der Waals surface area contributed by atoms with Crippen LogP contribution in [0.4, 0.5) is 4.79 Å². The summed E-state index contributed by atoms with van der Waals surface area (Å²) in [6, 6.07) is 13.1. The number of imidazole rings is 1. The number of hydrogen-bond donors (Lipinski definition) is 2. The van der Waals surface area contributed by atoms with Crippen molar-refractivity contribution < 1.29 is 14.0 Å². The Morgan fingerprint density at radius 3 is 2.70 bits per heavy atom. The van der Waals surface area contributed by atoms with Gasteiger partial charge < -0.3 is 14.3 Å². The molecule has 3 rings (SSSR count). The minimum Gasteiger partial charge on any atom is -0.467 e. The molecule has 0 bridgehead atoms. The lowest BCUT2D eigenvalue weighted by molar-refractivity contribution is -0.117. The molecule has 140 valence electrons.